The first-order valence-corrected chi connectivity index (χ1v) is 12.6. The summed E-state index contributed by atoms with van der Waals surface area (Å²) >= 11 is 1.38. The third kappa shape index (κ3) is 5.90. The monoisotopic (exact) mass is 531 g/mol. The van der Waals surface area contributed by atoms with Crippen molar-refractivity contribution < 1.29 is 37.7 Å². The number of nitrogens with zero attached hydrogens (tertiary/aromatic N) is 1. The molecule has 0 aliphatic carbocycles. The summed E-state index contributed by atoms with van der Waals surface area (Å²) in [7, 11) is 3.00. The number of ether oxygens (including phenoxy) is 5. The van der Waals surface area contributed by atoms with E-state index in [9.17, 15) is 9.59 Å². The van der Waals surface area contributed by atoms with Crippen LogP contribution in [0.25, 0.3) is 10.1 Å². The van der Waals surface area contributed by atoms with Gasteiger partial charge >= 0.3 is 6.09 Å². The average Bonchev–Trinajstić information content (AvgIpc) is 3.47. The Hall–Kier alpha value is -3.53. The molecule has 0 radical (unpaired) electrons. The number of carbonyl (C=O) groups excluding carboxylic acids is 2. The van der Waals surface area contributed by atoms with Crippen LogP contribution >= 0.6 is 11.3 Å². The zero-order chi connectivity index (χ0) is 26.7. The van der Waals surface area contributed by atoms with E-state index < -0.39 is 17.5 Å². The molecule has 2 heterocycles. The molecule has 0 bridgehead atoms. The van der Waals surface area contributed by atoms with E-state index in [1.165, 1.54) is 23.3 Å². The Balaban J connectivity index is 1.38. The van der Waals surface area contributed by atoms with Gasteiger partial charge in [-0.2, -0.15) is 0 Å². The van der Waals surface area contributed by atoms with Gasteiger partial charge in [0.15, 0.2) is 35.1 Å². The number of hydrogen-bond donors (Lipinski definition) is 0. The molecular formula is C27H30FNO7S. The molecule has 0 fully saturated rings. The van der Waals surface area contributed by atoms with Crippen LogP contribution in [0.15, 0.2) is 24.3 Å². The molecule has 198 valence electrons. The predicted molar refractivity (Wildman–Crippen MR) is 138 cm³/mol. The summed E-state index contributed by atoms with van der Waals surface area (Å²) < 4.78 is 44.2. The minimum absolute atomic E-state index is 0.00551. The van der Waals surface area contributed by atoms with Crippen LogP contribution in [-0.4, -0.2) is 50.3 Å². The summed E-state index contributed by atoms with van der Waals surface area (Å²) in [6, 6.07) is 7.17. The highest BCUT2D eigenvalue weighted by Gasteiger charge is 2.32. The van der Waals surface area contributed by atoms with Crippen LogP contribution in [0.3, 0.4) is 0 Å². The lowest BCUT2D eigenvalue weighted by Crippen LogP contribution is -2.33. The Morgan fingerprint density at radius 2 is 1.76 bits per heavy atom. The van der Waals surface area contributed by atoms with Gasteiger partial charge in [0.05, 0.1) is 38.9 Å². The first kappa shape index (κ1) is 26.5. The predicted octanol–water partition coefficient (Wildman–Crippen LogP) is 5.97. The minimum atomic E-state index is -0.642. The quantitative estimate of drug-likeness (QED) is 0.249. The van der Waals surface area contributed by atoms with Gasteiger partial charge in [-0.25, -0.2) is 9.18 Å². The van der Waals surface area contributed by atoms with Crippen molar-refractivity contribution in [3.8, 4) is 23.0 Å². The zero-order valence-electron chi connectivity index (χ0n) is 21.5. The zero-order valence-corrected chi connectivity index (χ0v) is 22.3. The molecule has 1 aliphatic heterocycles. The topological polar surface area (TPSA) is 83.5 Å². The van der Waals surface area contributed by atoms with Crippen LogP contribution < -0.4 is 18.9 Å². The molecule has 1 aliphatic rings. The molecule has 0 N–H and O–H groups in total. The van der Waals surface area contributed by atoms with E-state index in [-0.39, 0.29) is 31.2 Å². The van der Waals surface area contributed by atoms with Crippen LogP contribution in [0.2, 0.25) is 0 Å². The summed E-state index contributed by atoms with van der Waals surface area (Å²) in [4.78, 5) is 25.6. The molecule has 0 spiro atoms. The maximum absolute atomic E-state index is 15.4. The van der Waals surface area contributed by atoms with Gasteiger partial charge in [-0.1, -0.05) is 0 Å². The Kier molecular flexibility index (Phi) is 7.77. The number of aldehydes is 1. The molecule has 1 amide bonds. The van der Waals surface area contributed by atoms with Gasteiger partial charge in [0.2, 0.25) is 0 Å². The average molecular weight is 532 g/mol. The summed E-state index contributed by atoms with van der Waals surface area (Å²) in [5.74, 6) is 0.837. The lowest BCUT2D eigenvalue weighted by atomic mass is 10.1. The molecule has 37 heavy (non-hydrogen) atoms. The number of rotatable bonds is 9. The van der Waals surface area contributed by atoms with E-state index in [4.69, 9.17) is 23.7 Å². The van der Waals surface area contributed by atoms with Crippen molar-refractivity contribution in [1.29, 1.82) is 0 Å². The van der Waals surface area contributed by atoms with Gasteiger partial charge < -0.3 is 23.7 Å². The van der Waals surface area contributed by atoms with E-state index in [0.29, 0.717) is 40.5 Å². The molecule has 8 nitrogen and oxygen atoms in total. The van der Waals surface area contributed by atoms with E-state index in [1.807, 2.05) is 12.1 Å². The Bertz CT molecular complexity index is 1310. The smallest absolute Gasteiger partial charge is 0.410 e. The van der Waals surface area contributed by atoms with Crippen molar-refractivity contribution in [2.24, 2.45) is 0 Å². The fourth-order valence-electron chi connectivity index (χ4n) is 4.02. The summed E-state index contributed by atoms with van der Waals surface area (Å²) in [6.07, 6.45) is 0.782. The number of methoxy groups -OCH3 is 2. The van der Waals surface area contributed by atoms with Gasteiger partial charge in [0.1, 0.15) is 5.60 Å². The highest BCUT2D eigenvalue weighted by atomic mass is 32.1. The van der Waals surface area contributed by atoms with Crippen LogP contribution in [-0.2, 0) is 17.8 Å². The molecule has 10 heteroatoms. The summed E-state index contributed by atoms with van der Waals surface area (Å²) in [5.41, 5.74) is 0.405. The van der Waals surface area contributed by atoms with Crippen molar-refractivity contribution >= 4 is 33.8 Å². The van der Waals surface area contributed by atoms with Gasteiger partial charge in [0.25, 0.3) is 0 Å². The normalized spacial score (nSPS) is 12.9. The first-order valence-electron chi connectivity index (χ1n) is 11.8. The number of hydrogen-bond acceptors (Lipinski definition) is 8. The van der Waals surface area contributed by atoms with Gasteiger partial charge in [-0.15, -0.1) is 11.3 Å². The van der Waals surface area contributed by atoms with E-state index in [1.54, 1.807) is 40.0 Å². The number of carbonyl (C=O) groups is 2. The fourth-order valence-corrected chi connectivity index (χ4v) is 4.91. The molecule has 1 aromatic heterocycles. The van der Waals surface area contributed by atoms with Crippen LogP contribution in [0, 0.1) is 5.82 Å². The summed E-state index contributed by atoms with van der Waals surface area (Å²) in [5, 5.41) is 0.893. The maximum Gasteiger partial charge on any atom is 0.410 e. The van der Waals surface area contributed by atoms with Crippen molar-refractivity contribution in [3.63, 3.8) is 0 Å². The molecule has 3 aromatic rings. The van der Waals surface area contributed by atoms with E-state index in [2.05, 4.69) is 0 Å². The van der Waals surface area contributed by atoms with Crippen molar-refractivity contribution in [2.75, 3.05) is 27.4 Å². The molecule has 2 aromatic carbocycles. The van der Waals surface area contributed by atoms with Gasteiger partial charge in [0, 0.05) is 29.3 Å². The number of fused-ring (bicyclic) bond motifs is 2. The minimum Gasteiger partial charge on any atom is -0.493 e. The SMILES string of the molecule is COc1cc2sc(C=O)cc2cc1OCCCOc1c(OC)cc2c(c1F)CN(C(=O)OC(C)(C)C)C2. The third-order valence-electron chi connectivity index (χ3n) is 5.69. The molecule has 0 saturated heterocycles. The number of benzene rings is 2. The number of amides is 1. The molecule has 4 rings (SSSR count). The lowest BCUT2D eigenvalue weighted by molar-refractivity contribution is 0.0241. The van der Waals surface area contributed by atoms with E-state index in [0.717, 1.165) is 16.4 Å². The molecular weight excluding hydrogens is 501 g/mol. The van der Waals surface area contributed by atoms with Crippen LogP contribution in [0.5, 0.6) is 23.0 Å². The van der Waals surface area contributed by atoms with Crippen molar-refractivity contribution in [3.05, 3.63) is 46.1 Å². The lowest BCUT2D eigenvalue weighted by Gasteiger charge is -2.24. The number of halogens is 1. The standard InChI is InChI=1S/C27H30FNO7S/c1-27(2,3)36-26(31)29-13-17-11-22(33-5)25(24(28)19(17)14-29)35-8-6-7-34-21-10-16-9-18(15-30)37-23(16)12-20(21)32-4/h9-12,15H,6-8,13-14H2,1-5H3. The molecule has 0 unspecified atom stereocenters. The Labute approximate surface area is 218 Å². The van der Waals surface area contributed by atoms with Crippen molar-refractivity contribution in [1.82, 2.24) is 4.90 Å². The molecule has 0 atom stereocenters. The first-order chi connectivity index (χ1) is 17.6. The third-order valence-corrected chi connectivity index (χ3v) is 6.72. The second kappa shape index (κ2) is 10.8. The van der Waals surface area contributed by atoms with Crippen LogP contribution in [0.1, 0.15) is 48.0 Å². The second-order valence-corrected chi connectivity index (χ2v) is 10.7. The van der Waals surface area contributed by atoms with Gasteiger partial charge in [-0.05, 0) is 49.9 Å². The highest BCUT2D eigenvalue weighted by Crippen LogP contribution is 2.39. The Morgan fingerprint density at radius 1 is 1.03 bits per heavy atom. The largest absolute Gasteiger partial charge is 0.493 e. The summed E-state index contributed by atoms with van der Waals surface area (Å²) in [6.45, 7) is 6.16. The van der Waals surface area contributed by atoms with Gasteiger partial charge in [-0.3, -0.25) is 9.69 Å². The fraction of sp³-hybridized carbons (Fsp3) is 0.407. The van der Waals surface area contributed by atoms with Crippen LogP contribution in [0.4, 0.5) is 9.18 Å². The maximum atomic E-state index is 15.4. The number of thiophene rings is 1. The van der Waals surface area contributed by atoms with Crippen molar-refractivity contribution in [2.45, 2.75) is 45.9 Å². The molecule has 0 saturated carbocycles. The Morgan fingerprint density at radius 3 is 2.43 bits per heavy atom. The second-order valence-electron chi connectivity index (χ2n) is 9.55. The highest BCUT2D eigenvalue weighted by molar-refractivity contribution is 7.20. The van der Waals surface area contributed by atoms with E-state index >= 15 is 4.39 Å².